The van der Waals surface area contributed by atoms with Gasteiger partial charge in [-0.3, -0.25) is 4.55 Å². The van der Waals surface area contributed by atoms with Gasteiger partial charge in [-0.25, -0.2) is 9.97 Å². The summed E-state index contributed by atoms with van der Waals surface area (Å²) in [6.45, 7) is 0. The number of nitrogens with zero attached hydrogens (tertiary/aromatic N) is 3. The molecule has 0 saturated carbocycles. The third-order valence-corrected chi connectivity index (χ3v) is 3.06. The first-order chi connectivity index (χ1) is 9.04. The van der Waals surface area contributed by atoms with Crippen molar-refractivity contribution < 1.29 is 17.7 Å². The van der Waals surface area contributed by atoms with E-state index in [0.717, 1.165) is 5.57 Å². The molecule has 0 aromatic carbocycles. The van der Waals surface area contributed by atoms with Crippen LogP contribution < -0.4 is 5.43 Å². The monoisotopic (exact) mass is 281 g/mol. The molecule has 0 unspecified atom stereocenters. The first-order valence-corrected chi connectivity index (χ1v) is 7.14. The van der Waals surface area contributed by atoms with Crippen molar-refractivity contribution in [3.63, 3.8) is 0 Å². The van der Waals surface area contributed by atoms with E-state index in [0.29, 0.717) is 5.82 Å². The van der Waals surface area contributed by atoms with Crippen molar-refractivity contribution in [2.45, 2.75) is 6.42 Å². The molecule has 7 nitrogen and oxygen atoms in total. The van der Waals surface area contributed by atoms with Crippen LogP contribution in [-0.4, -0.2) is 39.6 Å². The second-order valence-electron chi connectivity index (χ2n) is 3.78. The number of aromatic nitrogens is 2. The first-order valence-electron chi connectivity index (χ1n) is 5.53. The van der Waals surface area contributed by atoms with Gasteiger partial charge in [0.15, 0.2) is 18.2 Å². The highest BCUT2D eigenvalue weighted by atomic mass is 32.2. The average Bonchev–Trinajstić information content (AvgIpc) is 2.39. The third-order valence-electron chi connectivity index (χ3n) is 2.31. The Bertz CT molecular complexity index is 635. The number of hydrogen-bond donors (Lipinski definition) is 2. The van der Waals surface area contributed by atoms with Crippen molar-refractivity contribution in [1.29, 1.82) is 0 Å². The van der Waals surface area contributed by atoms with Gasteiger partial charge in [-0.05, 0) is 6.07 Å². The van der Waals surface area contributed by atoms with Crippen LogP contribution in [-0.2, 0) is 10.1 Å². The summed E-state index contributed by atoms with van der Waals surface area (Å²) in [5.41, 5.74) is 3.75. The number of allylic oxidation sites excluding steroid dienone is 2. The lowest BCUT2D eigenvalue weighted by molar-refractivity contribution is -0.507. The van der Waals surface area contributed by atoms with Gasteiger partial charge in [-0.2, -0.15) is 13.8 Å². The summed E-state index contributed by atoms with van der Waals surface area (Å²) in [5, 5.41) is 0. The van der Waals surface area contributed by atoms with Crippen LogP contribution in [0.15, 0.2) is 36.9 Å². The summed E-state index contributed by atoms with van der Waals surface area (Å²) < 4.78 is 31.3. The molecule has 2 rings (SSSR count). The lowest BCUT2D eigenvalue weighted by atomic mass is 10.2. The highest BCUT2D eigenvalue weighted by Crippen LogP contribution is 2.11. The second-order valence-corrected chi connectivity index (χ2v) is 5.35. The third kappa shape index (κ3) is 4.27. The lowest BCUT2D eigenvalue weighted by Crippen LogP contribution is -2.23. The number of rotatable bonds is 4. The molecule has 1 aliphatic rings. The Morgan fingerprint density at radius 2 is 2.11 bits per heavy atom. The quantitative estimate of drug-likeness (QED) is 0.605. The molecule has 0 amide bonds. The molecule has 0 spiro atoms. The van der Waals surface area contributed by atoms with E-state index < -0.39 is 10.1 Å². The Hall–Kier alpha value is -2.06. The Morgan fingerprint density at radius 1 is 1.37 bits per heavy atom. The summed E-state index contributed by atoms with van der Waals surface area (Å²) >= 11 is 0. The standard InChI is InChI=1S/C11H12N4O3S/c16-19(17,18)8-2-6-15-7-3-10(9-14-15)11-12-4-1-5-13-11/h1,3-7,9,14H,2,8H2/p+1. The van der Waals surface area contributed by atoms with E-state index in [4.69, 9.17) is 4.55 Å². The average molecular weight is 281 g/mol. The molecule has 1 aromatic rings. The number of hydrazine groups is 1. The highest BCUT2D eigenvalue weighted by molar-refractivity contribution is 7.85. The zero-order valence-electron chi connectivity index (χ0n) is 9.97. The summed E-state index contributed by atoms with van der Waals surface area (Å²) in [4.78, 5) is 8.22. The van der Waals surface area contributed by atoms with Crippen LogP contribution in [0.25, 0.3) is 5.57 Å². The molecule has 1 aromatic heterocycles. The van der Waals surface area contributed by atoms with E-state index in [1.165, 1.54) is 0 Å². The minimum Gasteiger partial charge on any atom is -0.286 e. The maximum atomic E-state index is 10.6. The summed E-state index contributed by atoms with van der Waals surface area (Å²) in [5.74, 6) is 0.293. The topological polar surface area (TPSA) is 95.2 Å². The van der Waals surface area contributed by atoms with Crippen molar-refractivity contribution in [3.05, 3.63) is 42.8 Å². The summed E-state index contributed by atoms with van der Waals surface area (Å²) in [6, 6.07) is 1.74. The molecule has 0 radical (unpaired) electrons. The zero-order valence-corrected chi connectivity index (χ0v) is 10.8. The maximum Gasteiger partial charge on any atom is 0.265 e. The Kier molecular flexibility index (Phi) is 4.03. The molecular weight excluding hydrogens is 268 g/mol. The molecule has 2 heterocycles. The van der Waals surface area contributed by atoms with Crippen molar-refractivity contribution in [1.82, 2.24) is 15.4 Å². The van der Waals surface area contributed by atoms with Gasteiger partial charge in [0.05, 0.1) is 12.0 Å². The van der Waals surface area contributed by atoms with Crippen molar-refractivity contribution in [2.75, 3.05) is 5.75 Å². The lowest BCUT2D eigenvalue weighted by Gasteiger charge is -2.05. The fraction of sp³-hybridized carbons (Fsp3) is 0.182. The molecule has 8 heteroatoms. The molecule has 0 saturated heterocycles. The predicted molar refractivity (Wildman–Crippen MR) is 69.6 cm³/mol. The van der Waals surface area contributed by atoms with Crippen LogP contribution in [0.5, 0.6) is 0 Å². The van der Waals surface area contributed by atoms with Gasteiger partial charge in [0.1, 0.15) is 0 Å². The second kappa shape index (κ2) is 5.72. The zero-order chi connectivity index (χ0) is 13.7. The van der Waals surface area contributed by atoms with Crippen LogP contribution >= 0.6 is 0 Å². The number of nitrogens with one attached hydrogen (secondary N) is 1. The molecule has 0 fully saturated rings. The molecule has 100 valence electrons. The normalized spacial score (nSPS) is 17.1. The Labute approximate surface area is 110 Å². The molecule has 19 heavy (non-hydrogen) atoms. The minimum absolute atomic E-state index is 0.210. The van der Waals surface area contributed by atoms with Gasteiger partial charge in [0.2, 0.25) is 0 Å². The van der Waals surface area contributed by atoms with Gasteiger partial charge in [-0.15, -0.1) is 0 Å². The van der Waals surface area contributed by atoms with Gasteiger partial charge in [0, 0.05) is 30.5 Å². The number of hydrazone groups is 1. The van der Waals surface area contributed by atoms with E-state index in [1.54, 1.807) is 47.8 Å². The van der Waals surface area contributed by atoms with Crippen molar-refractivity contribution in [2.24, 2.45) is 0 Å². The van der Waals surface area contributed by atoms with Gasteiger partial charge in [0.25, 0.3) is 10.1 Å². The molecule has 1 aliphatic heterocycles. The van der Waals surface area contributed by atoms with E-state index in [1.807, 2.05) is 0 Å². The van der Waals surface area contributed by atoms with Crippen molar-refractivity contribution in [3.8, 4) is 0 Å². The first kappa shape index (κ1) is 13.4. The highest BCUT2D eigenvalue weighted by Gasteiger charge is 2.10. The van der Waals surface area contributed by atoms with Crippen LogP contribution in [0, 0.1) is 0 Å². The smallest absolute Gasteiger partial charge is 0.265 e. The van der Waals surface area contributed by atoms with Crippen LogP contribution in [0.1, 0.15) is 12.2 Å². The summed E-state index contributed by atoms with van der Waals surface area (Å²) in [7, 11) is -3.92. The van der Waals surface area contributed by atoms with E-state index in [2.05, 4.69) is 15.4 Å². The van der Waals surface area contributed by atoms with Gasteiger partial charge in [-0.1, -0.05) is 4.68 Å². The van der Waals surface area contributed by atoms with E-state index >= 15 is 0 Å². The Balaban J connectivity index is 1.97. The minimum atomic E-state index is -3.92. The molecule has 0 atom stereocenters. The van der Waals surface area contributed by atoms with E-state index in [9.17, 15) is 8.42 Å². The molecule has 0 aliphatic carbocycles. The van der Waals surface area contributed by atoms with Crippen LogP contribution in [0.3, 0.4) is 0 Å². The van der Waals surface area contributed by atoms with Crippen molar-refractivity contribution >= 4 is 21.9 Å². The van der Waals surface area contributed by atoms with Gasteiger partial charge >= 0.3 is 0 Å². The van der Waals surface area contributed by atoms with Crippen LogP contribution in [0.4, 0.5) is 0 Å². The maximum absolute atomic E-state index is 10.6. The fourth-order valence-electron chi connectivity index (χ4n) is 1.44. The molecule has 0 bridgehead atoms. The molecular formula is C11H13N4O3S+. The molecule has 2 N–H and O–H groups in total. The van der Waals surface area contributed by atoms with Crippen LogP contribution in [0.2, 0.25) is 0 Å². The summed E-state index contributed by atoms with van der Waals surface area (Å²) in [6.07, 6.45) is 10.4. The SMILES string of the molecule is O=S(=O)(O)CCC=[N+]1C=CC(c2ncccn2)=CN1. The van der Waals surface area contributed by atoms with E-state index in [-0.39, 0.29) is 12.2 Å². The largest absolute Gasteiger partial charge is 0.286 e. The fourth-order valence-corrected chi connectivity index (χ4v) is 1.84. The number of hydrogen-bond acceptors (Lipinski definition) is 5. The Morgan fingerprint density at radius 3 is 2.68 bits per heavy atom. The van der Waals surface area contributed by atoms with Gasteiger partial charge < -0.3 is 0 Å². The predicted octanol–water partition coefficient (Wildman–Crippen LogP) is 0.211.